The highest BCUT2D eigenvalue weighted by atomic mass is 16.5. The Bertz CT molecular complexity index is 1560. The van der Waals surface area contributed by atoms with Crippen molar-refractivity contribution in [3.63, 3.8) is 0 Å². The Labute approximate surface area is 318 Å². The Balaban J connectivity index is 1.22. The molecule has 0 aromatic carbocycles. The van der Waals surface area contributed by atoms with E-state index in [1.807, 2.05) is 60.7 Å². The molecule has 2 atom stereocenters. The second kappa shape index (κ2) is 24.6. The van der Waals surface area contributed by atoms with Crippen molar-refractivity contribution in [3.05, 3.63) is 120 Å². The largest absolute Gasteiger partial charge is 0.390 e. The second-order valence-corrected chi connectivity index (χ2v) is 13.2. The summed E-state index contributed by atoms with van der Waals surface area (Å²) in [6.45, 7) is 5.04. The summed E-state index contributed by atoms with van der Waals surface area (Å²) < 4.78 is 4.90. The van der Waals surface area contributed by atoms with E-state index in [2.05, 4.69) is 45.7 Å². The number of ether oxygens (including phenoxy) is 1. The van der Waals surface area contributed by atoms with Gasteiger partial charge < -0.3 is 30.9 Å². The summed E-state index contributed by atoms with van der Waals surface area (Å²) in [7, 11) is 1.56. The third kappa shape index (κ3) is 17.0. The maximum Gasteiger partial charge on any atom is 0.252 e. The van der Waals surface area contributed by atoms with Gasteiger partial charge in [-0.2, -0.15) is 0 Å². The summed E-state index contributed by atoms with van der Waals surface area (Å²) in [6.07, 6.45) is 8.65. The van der Waals surface area contributed by atoms with Crippen LogP contribution in [-0.2, 0) is 35.7 Å². The van der Waals surface area contributed by atoms with Crippen molar-refractivity contribution in [3.8, 4) is 0 Å². The minimum atomic E-state index is -0.693. The zero-order valence-electron chi connectivity index (χ0n) is 31.2. The summed E-state index contributed by atoms with van der Waals surface area (Å²) in [5, 5.41) is 29.9. The molecule has 0 aliphatic heterocycles. The quantitative estimate of drug-likeness (QED) is 0.0595. The van der Waals surface area contributed by atoms with E-state index >= 15 is 0 Å². The molecule has 4 rings (SSSR count). The third-order valence-corrected chi connectivity index (χ3v) is 8.47. The predicted molar refractivity (Wildman–Crippen MR) is 206 cm³/mol. The van der Waals surface area contributed by atoms with Crippen molar-refractivity contribution in [1.82, 2.24) is 45.7 Å². The number of rotatable bonds is 26. The average molecular weight is 742 g/mol. The standard InChI is InChI=1S/C40H55N9O5/c1-54-31-37(50)24-41-17-7-2-3-14-39(52)45-21-22-46-40(53)32-15-16-36(47-23-32)28-49(27-35-13-6-10-20-44-35)30-38(51)29-48(25-33-11-4-8-18-42-33)26-34-12-5-9-19-43-34/h4-6,8-13,15-16,18-20,23,37-38,41,50-51H,2-3,7,14,17,21-22,24-31H2,1H3,(H,45,52)(H,46,53). The number of carbonyl (C=O) groups is 2. The molecule has 0 aliphatic rings. The van der Waals surface area contributed by atoms with Gasteiger partial charge in [-0.1, -0.05) is 24.6 Å². The molecule has 0 radical (unpaired) electrons. The SMILES string of the molecule is COCC(O)CNCCCCCC(=O)NCCNC(=O)c1ccc(CN(Cc2ccccn2)CC(O)CN(Cc2ccccn2)Cc2ccccn2)nc1. The molecule has 4 aromatic rings. The van der Waals surface area contributed by atoms with Crippen LogP contribution >= 0.6 is 0 Å². The number of aliphatic hydroxyl groups excluding tert-OH is 2. The minimum Gasteiger partial charge on any atom is -0.390 e. The molecule has 14 heteroatoms. The molecule has 54 heavy (non-hydrogen) atoms. The van der Waals surface area contributed by atoms with Crippen LogP contribution in [0.25, 0.3) is 0 Å². The summed E-state index contributed by atoms with van der Waals surface area (Å²) >= 11 is 0. The number of hydrogen-bond acceptors (Lipinski definition) is 12. The molecule has 14 nitrogen and oxygen atoms in total. The summed E-state index contributed by atoms with van der Waals surface area (Å²) in [4.78, 5) is 47.3. The van der Waals surface area contributed by atoms with Crippen LogP contribution in [0.15, 0.2) is 91.5 Å². The highest BCUT2D eigenvalue weighted by Crippen LogP contribution is 2.12. The normalized spacial score (nSPS) is 12.5. The number of nitrogens with one attached hydrogen (secondary N) is 3. The van der Waals surface area contributed by atoms with E-state index in [1.54, 1.807) is 38.0 Å². The molecule has 0 fully saturated rings. The number of aromatic nitrogens is 4. The Hall–Kier alpha value is -4.70. The number of aliphatic hydroxyl groups is 2. The van der Waals surface area contributed by atoms with E-state index in [-0.39, 0.29) is 11.8 Å². The highest BCUT2D eigenvalue weighted by molar-refractivity contribution is 5.93. The molecule has 2 amide bonds. The van der Waals surface area contributed by atoms with Gasteiger partial charge in [-0.25, -0.2) is 0 Å². The van der Waals surface area contributed by atoms with Gasteiger partial charge in [0.1, 0.15) is 0 Å². The number of nitrogens with zero attached hydrogens (tertiary/aromatic N) is 6. The van der Waals surface area contributed by atoms with Crippen molar-refractivity contribution < 1.29 is 24.5 Å². The lowest BCUT2D eigenvalue weighted by Crippen LogP contribution is -2.40. The Morgan fingerprint density at radius 3 is 1.72 bits per heavy atom. The topological polar surface area (TPSA) is 178 Å². The van der Waals surface area contributed by atoms with Crippen LogP contribution in [0.3, 0.4) is 0 Å². The Morgan fingerprint density at radius 2 is 1.22 bits per heavy atom. The lowest BCUT2D eigenvalue weighted by Gasteiger charge is -2.29. The van der Waals surface area contributed by atoms with Crippen LogP contribution in [0.4, 0.5) is 0 Å². The maximum absolute atomic E-state index is 12.8. The lowest BCUT2D eigenvalue weighted by atomic mass is 10.2. The summed E-state index contributed by atoms with van der Waals surface area (Å²) in [6, 6.07) is 21.0. The van der Waals surface area contributed by atoms with E-state index in [0.29, 0.717) is 77.5 Å². The molecule has 4 heterocycles. The average Bonchev–Trinajstić information content (AvgIpc) is 3.17. The van der Waals surface area contributed by atoms with Crippen LogP contribution in [0.2, 0.25) is 0 Å². The van der Waals surface area contributed by atoms with E-state index in [9.17, 15) is 19.8 Å². The smallest absolute Gasteiger partial charge is 0.252 e. The van der Waals surface area contributed by atoms with Gasteiger partial charge in [0.15, 0.2) is 0 Å². The Morgan fingerprint density at radius 1 is 0.667 bits per heavy atom. The predicted octanol–water partition coefficient (Wildman–Crippen LogP) is 2.34. The third-order valence-electron chi connectivity index (χ3n) is 8.47. The van der Waals surface area contributed by atoms with E-state index in [0.717, 1.165) is 48.6 Å². The van der Waals surface area contributed by atoms with Gasteiger partial charge >= 0.3 is 0 Å². The number of unbranched alkanes of at least 4 members (excludes halogenated alkanes) is 2. The highest BCUT2D eigenvalue weighted by Gasteiger charge is 2.19. The number of amides is 2. The number of methoxy groups -OCH3 is 1. The van der Waals surface area contributed by atoms with Crippen molar-refractivity contribution in [2.45, 2.75) is 64.1 Å². The summed E-state index contributed by atoms with van der Waals surface area (Å²) in [5.41, 5.74) is 3.86. The molecule has 290 valence electrons. The van der Waals surface area contributed by atoms with Gasteiger partial charge in [-0.3, -0.25) is 39.3 Å². The molecule has 0 saturated carbocycles. The lowest BCUT2D eigenvalue weighted by molar-refractivity contribution is -0.121. The molecule has 0 bridgehead atoms. The summed E-state index contributed by atoms with van der Waals surface area (Å²) in [5.74, 6) is -0.318. The van der Waals surface area contributed by atoms with Crippen LogP contribution < -0.4 is 16.0 Å². The Kier molecular flexibility index (Phi) is 19.1. The van der Waals surface area contributed by atoms with Crippen LogP contribution in [0.1, 0.15) is 58.8 Å². The monoisotopic (exact) mass is 741 g/mol. The van der Waals surface area contributed by atoms with Crippen molar-refractivity contribution in [1.29, 1.82) is 0 Å². The van der Waals surface area contributed by atoms with E-state index < -0.39 is 12.2 Å². The first-order valence-electron chi connectivity index (χ1n) is 18.6. The molecule has 0 saturated heterocycles. The zero-order valence-corrected chi connectivity index (χ0v) is 31.2. The number of pyridine rings is 4. The van der Waals surface area contributed by atoms with Crippen LogP contribution in [0, 0.1) is 0 Å². The van der Waals surface area contributed by atoms with Crippen molar-refractivity contribution >= 4 is 11.8 Å². The molecule has 0 spiro atoms. The maximum atomic E-state index is 12.8. The second-order valence-electron chi connectivity index (χ2n) is 13.2. The van der Waals surface area contributed by atoms with E-state index in [1.165, 1.54) is 0 Å². The molecule has 5 N–H and O–H groups in total. The zero-order chi connectivity index (χ0) is 38.2. The molecule has 4 aromatic heterocycles. The fourth-order valence-electron chi connectivity index (χ4n) is 5.87. The first kappa shape index (κ1) is 42.0. The molecular formula is C40H55N9O5. The van der Waals surface area contributed by atoms with Gasteiger partial charge in [-0.05, 0) is 67.9 Å². The fraction of sp³-hybridized carbons (Fsp3) is 0.450. The van der Waals surface area contributed by atoms with Gasteiger partial charge in [-0.15, -0.1) is 0 Å². The number of carbonyl (C=O) groups excluding carboxylic acids is 2. The first-order valence-corrected chi connectivity index (χ1v) is 18.6. The number of hydrogen-bond donors (Lipinski definition) is 5. The van der Waals surface area contributed by atoms with Crippen LogP contribution in [-0.4, -0.2) is 117 Å². The van der Waals surface area contributed by atoms with Gasteiger partial charge in [0.25, 0.3) is 5.91 Å². The van der Waals surface area contributed by atoms with Crippen molar-refractivity contribution in [2.75, 3.05) is 53.0 Å². The first-order chi connectivity index (χ1) is 26.4. The van der Waals surface area contributed by atoms with Crippen molar-refractivity contribution in [2.24, 2.45) is 0 Å². The van der Waals surface area contributed by atoms with Gasteiger partial charge in [0, 0.05) is 97.2 Å². The minimum absolute atomic E-state index is 0.0479. The van der Waals surface area contributed by atoms with Gasteiger partial charge in [0.2, 0.25) is 5.91 Å². The van der Waals surface area contributed by atoms with Crippen LogP contribution in [0.5, 0.6) is 0 Å². The molecule has 2 unspecified atom stereocenters. The molecular weight excluding hydrogens is 686 g/mol. The van der Waals surface area contributed by atoms with E-state index in [4.69, 9.17) is 4.74 Å². The fourth-order valence-corrected chi connectivity index (χ4v) is 5.87. The molecule has 0 aliphatic carbocycles. The van der Waals surface area contributed by atoms with Gasteiger partial charge in [0.05, 0.1) is 47.2 Å².